The minimum absolute atomic E-state index is 0.00244. The van der Waals surface area contributed by atoms with Crippen molar-refractivity contribution >= 4 is 140 Å². The van der Waals surface area contributed by atoms with E-state index in [1.54, 1.807) is 58.2 Å². The van der Waals surface area contributed by atoms with Crippen LogP contribution in [0, 0.1) is 17.7 Å². The van der Waals surface area contributed by atoms with Crippen molar-refractivity contribution in [3.63, 3.8) is 0 Å². The lowest BCUT2D eigenvalue weighted by molar-refractivity contribution is -0.145. The number of phenols is 1. The smallest absolute Gasteiger partial charge is 0.323 e. The third-order valence-corrected chi connectivity index (χ3v) is 25.3. The van der Waals surface area contributed by atoms with Gasteiger partial charge in [0.25, 0.3) is 0 Å². The number of nitrogens with one attached hydrogen (secondary N) is 11. The Bertz CT molecular complexity index is 5150. The maximum atomic E-state index is 16.0. The number of carbonyl (C=O) groups is 18. The van der Waals surface area contributed by atoms with E-state index in [4.69, 9.17) is 17.2 Å². The highest BCUT2D eigenvalue weighted by molar-refractivity contribution is 8.00. The summed E-state index contributed by atoms with van der Waals surface area (Å²) in [4.78, 5) is 269. The number of primary amides is 2. The summed E-state index contributed by atoms with van der Waals surface area (Å²) in [6.45, 7) is 3.26. The van der Waals surface area contributed by atoms with Crippen LogP contribution in [0.4, 0.5) is 4.39 Å². The number of amides is 17. The van der Waals surface area contributed by atoms with Crippen LogP contribution in [0.5, 0.6) is 5.75 Å². The quantitative estimate of drug-likeness (QED) is 0.0384. The number of nitrogens with zero attached hydrogens (tertiary/aromatic N) is 6. The van der Waals surface area contributed by atoms with Crippen molar-refractivity contribution in [1.29, 1.82) is 0 Å². The van der Waals surface area contributed by atoms with E-state index in [0.717, 1.165) is 46.9 Å². The van der Waals surface area contributed by atoms with Gasteiger partial charge in [-0.05, 0) is 104 Å². The minimum Gasteiger partial charge on any atom is -0.508 e. The molecule has 42 nitrogen and oxygen atoms in total. The second-order valence-corrected chi connectivity index (χ2v) is 36.4. The van der Waals surface area contributed by atoms with Gasteiger partial charge in [-0.15, -0.1) is 11.8 Å². The average molecular weight is 1870 g/mol. The highest BCUT2D eigenvalue weighted by Crippen LogP contribution is 2.31. The van der Waals surface area contributed by atoms with E-state index in [0.29, 0.717) is 47.7 Å². The molecule has 15 atom stereocenters. The summed E-state index contributed by atoms with van der Waals surface area (Å²) in [7, 11) is 2.55. The van der Waals surface area contributed by atoms with Crippen molar-refractivity contribution in [3.8, 4) is 5.75 Å². The van der Waals surface area contributed by atoms with Crippen LogP contribution < -0.4 is 70.4 Å². The number of para-hydroxylation sites is 2. The molecule has 5 saturated heterocycles. The summed E-state index contributed by atoms with van der Waals surface area (Å²) in [5, 5.41) is 69.9. The Labute approximate surface area is 770 Å². The molecule has 17 amide bonds. The summed E-state index contributed by atoms with van der Waals surface area (Å²) in [6.07, 6.45) is -1.43. The summed E-state index contributed by atoms with van der Waals surface area (Å²) in [5.74, 6) is -20.2. The molecule has 5 fully saturated rings. The number of thioether (sulfide) groups is 1. The average Bonchev–Trinajstić information content (AvgIpc) is 1.62. The standard InChI is InChI=1S/C89H121FN20O22S/c1-46(2)29-62-86(129)106(6)70(81(124)95-38-72(93)115)44-133-45-74(117)98-64(31-48-22-24-51(111)25-23-48)89(132)110-42-53(113)35-69(110)84(127)104-65(36-71(92)114)87(130)108-28-14-21-67(108)80(123)96-39-73(116)97-63(30-47(3)4)88(131)109-41-52(112)34-68(109)83(126)102-60(32-49-37-94-57-18-12-11-15-54(49)57)78(121)99-58(26-27-91)77(120)101-61(33-50-40-107(43-75(118)119)76-55(50)16-13-17-56(76)90)79(122)100-59-19-9-7-8-10-20-66(82(125)103-62)105(5)85(59)128/h11-13,15-18,22-25,37,40,46-47,52-53,58-70,94,111-113H,7-10,14,19-21,26-36,38-39,41-45,91H2,1-6H3,(H2,92,114)(H2,93,115)(H,95,124)(H,96,123)(H,97,116)(H,98,117)(H,99,121)(H,100,122)(H,101,120)(H,102,126)(H,103,125)(H,104,127)(H,118,119)/t52-,53+,58+,59?,60+,61+,62+,63+,64+,65-,66?,67-,68+,69+,70+/m1/s1. The molecule has 0 spiro atoms. The fourth-order valence-electron chi connectivity index (χ4n) is 17.7. The van der Waals surface area contributed by atoms with Crippen LogP contribution >= 0.6 is 11.8 Å². The van der Waals surface area contributed by atoms with Crippen LogP contribution in [-0.2, 0) is 112 Å². The Hall–Kier alpha value is -12.8. The molecular formula is C89H121FN20O22S. The molecule has 0 aliphatic carbocycles. The SMILES string of the molecule is CC(C)C[C@@H]1NC(=O)C2CCCCCCC(NC(=O)[C@H](Cc3cn(CC(=O)O)c4c(F)cccc34)NC(=O)[C@H](CCN)NC(=O)[C@H](Cc3c[nH]c4ccccc34)NC(=O)[C@@H]3C[C@@H](O)CN3C(=O)[C@H](CC(C)C)NC(=O)CNC(=O)[C@H]3CCCN3C(=O)[C@@H](CC(N)=O)NC(=O)[C@@H]3C[C@H](O)CN3C(=O)[C@H](Cc3ccc(O)cc3)NC(=O)CSC[C@@H](C(=O)NCC(N)=O)N(C)C1=O)C(=O)N2C. The highest BCUT2D eigenvalue weighted by Gasteiger charge is 2.48. The van der Waals surface area contributed by atoms with Crippen molar-refractivity contribution < 1.29 is 111 Å². The monoisotopic (exact) mass is 1870 g/mol. The first-order chi connectivity index (χ1) is 63.2. The normalized spacial score (nSPS) is 26.1. The molecule has 44 heteroatoms. The van der Waals surface area contributed by atoms with E-state index in [-0.39, 0.29) is 105 Å². The third kappa shape index (κ3) is 27.2. The fraction of sp³-hybridized carbons (Fsp3) is 0.551. The van der Waals surface area contributed by atoms with Gasteiger partial charge in [0.05, 0.1) is 43.0 Å². The molecule has 0 radical (unpaired) electrons. The number of halogens is 1. The van der Waals surface area contributed by atoms with Crippen LogP contribution in [0.3, 0.4) is 0 Å². The van der Waals surface area contributed by atoms with Crippen LogP contribution in [0.25, 0.3) is 21.8 Å². The molecule has 5 aliphatic rings. The molecule has 2 unspecified atom stereocenters. The first-order valence-corrected chi connectivity index (χ1v) is 45.8. The van der Waals surface area contributed by atoms with Crippen LogP contribution in [-0.4, -0.2) is 316 Å². The van der Waals surface area contributed by atoms with Gasteiger partial charge in [-0.3, -0.25) is 86.3 Å². The van der Waals surface area contributed by atoms with E-state index in [1.165, 1.54) is 56.7 Å². The predicted octanol–water partition coefficient (Wildman–Crippen LogP) is -3.34. The van der Waals surface area contributed by atoms with Gasteiger partial charge in [-0.1, -0.05) is 95.8 Å². The lowest BCUT2D eigenvalue weighted by Gasteiger charge is -2.35. The molecule has 133 heavy (non-hydrogen) atoms. The van der Waals surface area contributed by atoms with Crippen LogP contribution in [0.1, 0.15) is 134 Å². The number of aromatic amines is 1. The molecule has 5 aliphatic heterocycles. The maximum absolute atomic E-state index is 16.0. The number of H-pyrrole nitrogens is 1. The number of aromatic nitrogens is 2. The summed E-state index contributed by atoms with van der Waals surface area (Å²) < 4.78 is 17.1. The maximum Gasteiger partial charge on any atom is 0.323 e. The number of aromatic hydroxyl groups is 1. The second-order valence-electron chi connectivity index (χ2n) is 35.4. The number of phenolic OH excluding ortho intramolecular Hbond substituents is 1. The lowest BCUT2D eigenvalue weighted by atomic mass is 9.97. The highest BCUT2D eigenvalue weighted by atomic mass is 32.2. The largest absolute Gasteiger partial charge is 0.508 e. The molecule has 10 rings (SSSR count). The number of rotatable bonds is 19. The van der Waals surface area contributed by atoms with Crippen LogP contribution in [0.2, 0.25) is 0 Å². The number of carboxylic acids is 1. The Balaban J connectivity index is 1.01. The van der Waals surface area contributed by atoms with Crippen molar-refractivity contribution in [2.45, 2.75) is 234 Å². The van der Waals surface area contributed by atoms with E-state index in [9.17, 15) is 63.6 Å². The first kappa shape index (κ1) is 102. The van der Waals surface area contributed by atoms with Crippen molar-refractivity contribution in [2.75, 3.05) is 64.9 Å². The zero-order valence-corrected chi connectivity index (χ0v) is 75.9. The molecule has 722 valence electrons. The number of fused-ring (bicyclic) bond motifs is 8. The number of aliphatic hydroxyl groups is 2. The second kappa shape index (κ2) is 47.0. The fourth-order valence-corrected chi connectivity index (χ4v) is 18.7. The summed E-state index contributed by atoms with van der Waals surface area (Å²) in [6, 6.07) is -3.89. The third-order valence-electron chi connectivity index (χ3n) is 24.3. The molecule has 3 aromatic carbocycles. The Morgan fingerprint density at radius 3 is 1.72 bits per heavy atom. The lowest BCUT2D eigenvalue weighted by Crippen LogP contribution is -2.61. The van der Waals surface area contributed by atoms with Gasteiger partial charge in [-0.25, -0.2) is 4.39 Å². The van der Waals surface area contributed by atoms with E-state index in [1.807, 2.05) is 0 Å². The van der Waals surface area contributed by atoms with Gasteiger partial charge >= 0.3 is 5.97 Å². The van der Waals surface area contributed by atoms with E-state index >= 15 is 47.5 Å². The molecule has 21 N–H and O–H groups in total. The Kier molecular flexibility index (Phi) is 36.1. The number of aliphatic hydroxyl groups excluding tert-OH is 2. The molecular weight excluding hydrogens is 1750 g/mol. The number of nitrogens with two attached hydrogens (primary N) is 3. The van der Waals surface area contributed by atoms with Crippen molar-refractivity contribution in [3.05, 3.63) is 102 Å². The Morgan fingerprint density at radius 1 is 0.541 bits per heavy atom. The van der Waals surface area contributed by atoms with Gasteiger partial charge in [0.2, 0.25) is 100 Å². The van der Waals surface area contributed by atoms with Gasteiger partial charge in [0, 0.05) is 100 Å². The molecule has 2 bridgehead atoms. The number of benzene rings is 3. The molecule has 2 aromatic heterocycles. The number of carbonyl (C=O) groups excluding carboxylic acids is 17. The number of aliphatic carboxylic acids is 1. The summed E-state index contributed by atoms with van der Waals surface area (Å²) in [5.41, 5.74) is 18.7. The summed E-state index contributed by atoms with van der Waals surface area (Å²) >= 11 is 0.779. The molecule has 0 saturated carbocycles. The van der Waals surface area contributed by atoms with Gasteiger partial charge in [0.1, 0.15) is 96.7 Å². The predicted molar refractivity (Wildman–Crippen MR) is 479 cm³/mol. The van der Waals surface area contributed by atoms with Crippen molar-refractivity contribution in [2.24, 2.45) is 29.0 Å². The Morgan fingerprint density at radius 2 is 1.09 bits per heavy atom. The number of hydrogen-bond acceptors (Lipinski definition) is 23. The van der Waals surface area contributed by atoms with E-state index in [2.05, 4.69) is 58.2 Å². The number of likely N-dealkylation sites (N-methyl/N-ethyl adjacent to an activating group) is 2. The zero-order chi connectivity index (χ0) is 96.9. The van der Waals surface area contributed by atoms with E-state index < -0.39 is 273 Å². The topological polar surface area (TPSA) is 623 Å². The van der Waals surface area contributed by atoms with Gasteiger partial charge in [-0.2, -0.15) is 0 Å². The molecule has 5 aromatic rings. The molecule has 7 heterocycles. The van der Waals surface area contributed by atoms with Gasteiger partial charge in [0.15, 0.2) is 0 Å². The number of carboxylic acid groups (broad SMARTS) is 1. The van der Waals surface area contributed by atoms with Crippen molar-refractivity contribution in [1.82, 2.24) is 87.2 Å². The minimum atomic E-state index is -1.80. The van der Waals surface area contributed by atoms with Crippen LogP contribution in [0.15, 0.2) is 79.1 Å². The first-order valence-electron chi connectivity index (χ1n) is 44.6. The van der Waals surface area contributed by atoms with Gasteiger partial charge < -0.3 is 125 Å². The zero-order valence-electron chi connectivity index (χ0n) is 75.0. The number of hydrogen-bond donors (Lipinski definition) is 18.